The van der Waals surface area contributed by atoms with Crippen LogP contribution in [0, 0.1) is 6.92 Å². The van der Waals surface area contributed by atoms with Gasteiger partial charge >= 0.3 is 0 Å². The monoisotopic (exact) mass is 294 g/mol. The summed E-state index contributed by atoms with van der Waals surface area (Å²) in [5, 5.41) is 11.0. The van der Waals surface area contributed by atoms with Crippen molar-refractivity contribution in [1.82, 2.24) is 20.1 Å². The van der Waals surface area contributed by atoms with Gasteiger partial charge in [-0.25, -0.2) is 4.98 Å². The summed E-state index contributed by atoms with van der Waals surface area (Å²) in [7, 11) is 3.64. The second kappa shape index (κ2) is 6.37. The molecule has 0 amide bonds. The van der Waals surface area contributed by atoms with Crippen molar-refractivity contribution in [1.29, 1.82) is 0 Å². The predicted octanol–water partition coefficient (Wildman–Crippen LogP) is 2.74. The molecule has 20 heavy (non-hydrogen) atoms. The van der Waals surface area contributed by atoms with Crippen molar-refractivity contribution < 1.29 is 4.74 Å². The summed E-state index contributed by atoms with van der Waals surface area (Å²) in [4.78, 5) is 4.55. The second-order valence-electron chi connectivity index (χ2n) is 5.04. The maximum atomic E-state index is 5.46. The standard InChI is InChI=1S/C14H22N4OS/c1-9(2)18-14(13(19-5)7-16-18)12(15-4)6-11-8-20-10(3)17-11/h7-9,12,15H,6H2,1-5H3. The number of ether oxygens (including phenoxy) is 1. The molecule has 2 aromatic heterocycles. The van der Waals surface area contributed by atoms with E-state index in [0.29, 0.717) is 6.04 Å². The van der Waals surface area contributed by atoms with Gasteiger partial charge in [-0.15, -0.1) is 11.3 Å². The van der Waals surface area contributed by atoms with Gasteiger partial charge in [-0.05, 0) is 27.8 Å². The molecule has 1 unspecified atom stereocenters. The van der Waals surface area contributed by atoms with Crippen molar-refractivity contribution in [3.05, 3.63) is 28.0 Å². The van der Waals surface area contributed by atoms with Gasteiger partial charge < -0.3 is 10.1 Å². The van der Waals surface area contributed by atoms with Gasteiger partial charge in [-0.1, -0.05) is 0 Å². The minimum absolute atomic E-state index is 0.136. The first-order chi connectivity index (χ1) is 9.56. The molecule has 110 valence electrons. The van der Waals surface area contributed by atoms with Crippen molar-refractivity contribution in [2.45, 2.75) is 39.3 Å². The van der Waals surface area contributed by atoms with E-state index in [1.807, 2.05) is 18.7 Å². The third-order valence-electron chi connectivity index (χ3n) is 3.27. The highest BCUT2D eigenvalue weighted by Gasteiger charge is 2.23. The van der Waals surface area contributed by atoms with Crippen molar-refractivity contribution >= 4 is 11.3 Å². The SMILES string of the molecule is CNC(Cc1csc(C)n1)c1c(OC)cnn1C(C)C. The summed E-state index contributed by atoms with van der Waals surface area (Å²) in [6, 6.07) is 0.429. The van der Waals surface area contributed by atoms with Gasteiger partial charge in [0.1, 0.15) is 0 Å². The number of methoxy groups -OCH3 is 1. The Morgan fingerprint density at radius 1 is 1.45 bits per heavy atom. The van der Waals surface area contributed by atoms with Gasteiger partial charge in [0.2, 0.25) is 0 Å². The van der Waals surface area contributed by atoms with Crippen LogP contribution in [0.4, 0.5) is 0 Å². The van der Waals surface area contributed by atoms with E-state index in [4.69, 9.17) is 4.74 Å². The summed E-state index contributed by atoms with van der Waals surface area (Å²) >= 11 is 1.68. The summed E-state index contributed by atoms with van der Waals surface area (Å²) in [6.07, 6.45) is 2.61. The summed E-state index contributed by atoms with van der Waals surface area (Å²) in [6.45, 7) is 6.27. The summed E-state index contributed by atoms with van der Waals surface area (Å²) in [5.74, 6) is 0.824. The number of rotatable bonds is 6. The molecule has 1 N–H and O–H groups in total. The molecule has 2 heterocycles. The molecular weight excluding hydrogens is 272 g/mol. The molecule has 0 saturated heterocycles. The Bertz CT molecular complexity index is 561. The average molecular weight is 294 g/mol. The van der Waals surface area contributed by atoms with E-state index in [2.05, 4.69) is 34.6 Å². The second-order valence-corrected chi connectivity index (χ2v) is 6.10. The van der Waals surface area contributed by atoms with Crippen LogP contribution in [0.2, 0.25) is 0 Å². The highest BCUT2D eigenvalue weighted by molar-refractivity contribution is 7.09. The number of hydrogen-bond acceptors (Lipinski definition) is 5. The van der Waals surface area contributed by atoms with E-state index in [1.165, 1.54) is 0 Å². The van der Waals surface area contributed by atoms with Crippen molar-refractivity contribution in [2.75, 3.05) is 14.2 Å². The molecule has 0 aromatic carbocycles. The van der Waals surface area contributed by atoms with Crippen LogP contribution in [0.25, 0.3) is 0 Å². The van der Waals surface area contributed by atoms with E-state index in [-0.39, 0.29) is 6.04 Å². The topological polar surface area (TPSA) is 52.0 Å². The van der Waals surface area contributed by atoms with Gasteiger partial charge in [-0.3, -0.25) is 4.68 Å². The number of nitrogens with zero attached hydrogens (tertiary/aromatic N) is 3. The van der Waals surface area contributed by atoms with Crippen molar-refractivity contribution in [2.24, 2.45) is 0 Å². The molecule has 0 bridgehead atoms. The number of aryl methyl sites for hydroxylation is 1. The highest BCUT2D eigenvalue weighted by Crippen LogP contribution is 2.29. The number of likely N-dealkylation sites (N-methyl/N-ethyl adjacent to an activating group) is 1. The molecule has 0 radical (unpaired) electrons. The minimum Gasteiger partial charge on any atom is -0.493 e. The zero-order valence-corrected chi connectivity index (χ0v) is 13.5. The van der Waals surface area contributed by atoms with E-state index < -0.39 is 0 Å². The normalized spacial score (nSPS) is 12.9. The lowest BCUT2D eigenvalue weighted by Crippen LogP contribution is -2.24. The Morgan fingerprint density at radius 2 is 2.20 bits per heavy atom. The van der Waals surface area contributed by atoms with E-state index in [9.17, 15) is 0 Å². The smallest absolute Gasteiger partial charge is 0.161 e. The minimum atomic E-state index is 0.136. The molecule has 0 saturated carbocycles. The average Bonchev–Trinajstić information content (AvgIpc) is 3.01. The zero-order chi connectivity index (χ0) is 14.7. The fraction of sp³-hybridized carbons (Fsp3) is 0.571. The van der Waals surface area contributed by atoms with Gasteiger partial charge in [-0.2, -0.15) is 5.10 Å². The first-order valence-electron chi connectivity index (χ1n) is 6.76. The van der Waals surface area contributed by atoms with E-state index in [1.54, 1.807) is 24.6 Å². The van der Waals surface area contributed by atoms with Crippen LogP contribution < -0.4 is 10.1 Å². The first kappa shape index (κ1) is 15.0. The lowest BCUT2D eigenvalue weighted by Gasteiger charge is -2.20. The number of nitrogens with one attached hydrogen (secondary N) is 1. The van der Waals surface area contributed by atoms with Gasteiger partial charge in [0.15, 0.2) is 5.75 Å². The number of aromatic nitrogens is 3. The fourth-order valence-electron chi connectivity index (χ4n) is 2.30. The Balaban J connectivity index is 2.33. The molecule has 0 fully saturated rings. The largest absolute Gasteiger partial charge is 0.493 e. The first-order valence-corrected chi connectivity index (χ1v) is 7.64. The highest BCUT2D eigenvalue weighted by atomic mass is 32.1. The molecule has 2 rings (SSSR count). The molecule has 5 nitrogen and oxygen atoms in total. The molecule has 1 atom stereocenters. The summed E-state index contributed by atoms with van der Waals surface area (Å²) in [5.41, 5.74) is 2.18. The third kappa shape index (κ3) is 3.02. The Kier molecular flexibility index (Phi) is 4.77. The number of thiazole rings is 1. The van der Waals surface area contributed by atoms with Crippen molar-refractivity contribution in [3.63, 3.8) is 0 Å². The molecule has 0 aliphatic carbocycles. The quantitative estimate of drug-likeness (QED) is 0.890. The van der Waals surface area contributed by atoms with Gasteiger partial charge in [0.25, 0.3) is 0 Å². The lowest BCUT2D eigenvalue weighted by molar-refractivity contribution is 0.387. The van der Waals surface area contributed by atoms with Crippen LogP contribution in [0.5, 0.6) is 5.75 Å². The fourth-order valence-corrected chi connectivity index (χ4v) is 2.93. The Labute approximate surface area is 124 Å². The molecule has 6 heteroatoms. The van der Waals surface area contributed by atoms with Crippen LogP contribution in [0.15, 0.2) is 11.6 Å². The number of hydrogen-bond donors (Lipinski definition) is 1. The van der Waals surface area contributed by atoms with Crippen LogP contribution in [0.1, 0.15) is 42.3 Å². The molecule has 0 spiro atoms. The maximum Gasteiger partial charge on any atom is 0.161 e. The van der Waals surface area contributed by atoms with Crippen molar-refractivity contribution in [3.8, 4) is 5.75 Å². The third-order valence-corrected chi connectivity index (χ3v) is 4.09. The van der Waals surface area contributed by atoms with Crippen LogP contribution in [-0.2, 0) is 6.42 Å². The Morgan fingerprint density at radius 3 is 2.70 bits per heavy atom. The zero-order valence-electron chi connectivity index (χ0n) is 12.7. The molecule has 0 aliphatic heterocycles. The Hall–Kier alpha value is -1.40. The van der Waals surface area contributed by atoms with Crippen LogP contribution in [-0.4, -0.2) is 28.9 Å². The molecule has 0 aliphatic rings. The van der Waals surface area contributed by atoms with Crippen LogP contribution >= 0.6 is 11.3 Å². The maximum absolute atomic E-state index is 5.46. The molecular formula is C14H22N4OS. The van der Waals surface area contributed by atoms with E-state index >= 15 is 0 Å². The van der Waals surface area contributed by atoms with Gasteiger partial charge in [0.05, 0.1) is 35.7 Å². The van der Waals surface area contributed by atoms with E-state index in [0.717, 1.165) is 28.6 Å². The van der Waals surface area contributed by atoms with Crippen LogP contribution in [0.3, 0.4) is 0 Å². The van der Waals surface area contributed by atoms with Gasteiger partial charge in [0, 0.05) is 17.8 Å². The predicted molar refractivity (Wildman–Crippen MR) is 81.5 cm³/mol. The lowest BCUT2D eigenvalue weighted by atomic mass is 10.1. The molecule has 2 aromatic rings. The summed E-state index contributed by atoms with van der Waals surface area (Å²) < 4.78 is 7.47.